The molecule has 0 unspecified atom stereocenters. The number of anilines is 1. The van der Waals surface area contributed by atoms with Crippen LogP contribution in [0.2, 0.25) is 5.02 Å². The van der Waals surface area contributed by atoms with Crippen molar-refractivity contribution in [2.24, 2.45) is 0 Å². The van der Waals surface area contributed by atoms with E-state index in [1.165, 1.54) is 23.8 Å². The average molecular weight is 321 g/mol. The van der Waals surface area contributed by atoms with Gasteiger partial charge < -0.3 is 5.32 Å². The van der Waals surface area contributed by atoms with E-state index in [1.807, 2.05) is 43.1 Å². The second-order valence-corrected chi connectivity index (χ2v) is 5.77. The van der Waals surface area contributed by atoms with Gasteiger partial charge >= 0.3 is 0 Å². The lowest BCUT2D eigenvalue weighted by Crippen LogP contribution is -2.30. The van der Waals surface area contributed by atoms with E-state index in [0.29, 0.717) is 11.6 Å². The summed E-state index contributed by atoms with van der Waals surface area (Å²) in [6, 6.07) is 12.2. The number of carbonyl (C=O) groups is 1. The van der Waals surface area contributed by atoms with Gasteiger partial charge in [-0.05, 0) is 37.7 Å². The first-order chi connectivity index (χ1) is 10.4. The molecule has 1 amide bonds. The zero-order valence-corrected chi connectivity index (χ0v) is 13.3. The molecule has 0 saturated carbocycles. The lowest BCUT2D eigenvalue weighted by atomic mass is 10.1. The largest absolute Gasteiger partial charge is 0.322 e. The Morgan fingerprint density at radius 3 is 2.59 bits per heavy atom. The summed E-state index contributed by atoms with van der Waals surface area (Å²) in [5.41, 5.74) is 2.41. The second-order valence-electron chi connectivity index (χ2n) is 5.33. The highest BCUT2D eigenvalue weighted by Crippen LogP contribution is 2.19. The van der Waals surface area contributed by atoms with Crippen LogP contribution in [0.25, 0.3) is 0 Å². The fraction of sp³-hybridized carbons (Fsp3) is 0.235. The first-order valence-corrected chi connectivity index (χ1v) is 7.31. The summed E-state index contributed by atoms with van der Waals surface area (Å²) >= 11 is 5.80. The van der Waals surface area contributed by atoms with E-state index >= 15 is 0 Å². The highest BCUT2D eigenvalue weighted by atomic mass is 35.5. The summed E-state index contributed by atoms with van der Waals surface area (Å²) < 4.78 is 13.6. The minimum absolute atomic E-state index is 0.0984. The Kier molecular flexibility index (Phi) is 5.52. The van der Waals surface area contributed by atoms with Gasteiger partial charge in [0.15, 0.2) is 0 Å². The number of hydrogen-bond donors (Lipinski definition) is 1. The Balaban J connectivity index is 1.91. The number of nitrogens with zero attached hydrogens (tertiary/aromatic N) is 1. The molecule has 2 aromatic carbocycles. The van der Waals surface area contributed by atoms with Crippen LogP contribution >= 0.6 is 11.6 Å². The molecule has 0 heterocycles. The van der Waals surface area contributed by atoms with Gasteiger partial charge in [-0.15, -0.1) is 0 Å². The summed E-state index contributed by atoms with van der Waals surface area (Å²) in [6.45, 7) is 2.84. The summed E-state index contributed by atoms with van der Waals surface area (Å²) in [5.74, 6) is -0.783. The summed E-state index contributed by atoms with van der Waals surface area (Å²) in [7, 11) is 1.84. The number of nitrogens with one attached hydrogen (secondary N) is 1. The summed E-state index contributed by atoms with van der Waals surface area (Å²) in [5, 5.41) is 2.92. The zero-order valence-electron chi connectivity index (χ0n) is 12.6. The highest BCUT2D eigenvalue weighted by Gasteiger charge is 2.10. The van der Waals surface area contributed by atoms with E-state index < -0.39 is 5.82 Å². The Morgan fingerprint density at radius 2 is 1.91 bits per heavy atom. The van der Waals surface area contributed by atoms with Crippen molar-refractivity contribution in [2.45, 2.75) is 13.5 Å². The second kappa shape index (κ2) is 7.38. The van der Waals surface area contributed by atoms with Gasteiger partial charge in [0.1, 0.15) is 5.82 Å². The third-order valence-electron chi connectivity index (χ3n) is 3.19. The standard InChI is InChI=1S/C17H18ClFN2O/c1-12-3-5-13(6-4-12)10-21(2)11-17(22)20-16-9-14(18)7-8-15(16)19/h3-9H,10-11H2,1-2H3,(H,20,22). The number of benzene rings is 2. The monoisotopic (exact) mass is 320 g/mol. The number of aryl methyl sites for hydroxylation is 1. The van der Waals surface area contributed by atoms with Gasteiger partial charge in [-0.3, -0.25) is 9.69 Å². The van der Waals surface area contributed by atoms with Crippen LogP contribution in [0.3, 0.4) is 0 Å². The maximum Gasteiger partial charge on any atom is 0.238 e. The van der Waals surface area contributed by atoms with Gasteiger partial charge in [-0.1, -0.05) is 41.4 Å². The van der Waals surface area contributed by atoms with Crippen LogP contribution in [0.5, 0.6) is 0 Å². The molecule has 116 valence electrons. The molecular formula is C17H18ClFN2O. The van der Waals surface area contributed by atoms with Crippen molar-refractivity contribution in [1.82, 2.24) is 4.90 Å². The first-order valence-electron chi connectivity index (χ1n) is 6.93. The van der Waals surface area contributed by atoms with Gasteiger partial charge in [0.05, 0.1) is 12.2 Å². The van der Waals surface area contributed by atoms with Gasteiger partial charge in [-0.25, -0.2) is 4.39 Å². The molecule has 0 aliphatic carbocycles. The van der Waals surface area contributed by atoms with Gasteiger partial charge in [-0.2, -0.15) is 0 Å². The van der Waals surface area contributed by atoms with E-state index in [9.17, 15) is 9.18 Å². The zero-order chi connectivity index (χ0) is 16.1. The van der Waals surface area contributed by atoms with Crippen LogP contribution in [-0.4, -0.2) is 24.4 Å². The predicted molar refractivity (Wildman–Crippen MR) is 87.6 cm³/mol. The van der Waals surface area contributed by atoms with E-state index in [4.69, 9.17) is 11.6 Å². The van der Waals surface area contributed by atoms with Crippen molar-refractivity contribution < 1.29 is 9.18 Å². The molecule has 0 spiro atoms. The smallest absolute Gasteiger partial charge is 0.238 e. The van der Waals surface area contributed by atoms with E-state index in [-0.39, 0.29) is 18.1 Å². The number of rotatable bonds is 5. The molecule has 0 saturated heterocycles. The fourth-order valence-corrected chi connectivity index (χ4v) is 2.26. The maximum absolute atomic E-state index is 13.6. The number of halogens is 2. The van der Waals surface area contributed by atoms with E-state index in [0.717, 1.165) is 5.56 Å². The average Bonchev–Trinajstić information content (AvgIpc) is 2.45. The van der Waals surface area contributed by atoms with Gasteiger partial charge in [0.25, 0.3) is 0 Å². The molecule has 0 bridgehead atoms. The van der Waals surface area contributed by atoms with Gasteiger partial charge in [0.2, 0.25) is 5.91 Å². The molecular weight excluding hydrogens is 303 g/mol. The minimum Gasteiger partial charge on any atom is -0.322 e. The van der Waals surface area contributed by atoms with Crippen LogP contribution in [0, 0.1) is 12.7 Å². The lowest BCUT2D eigenvalue weighted by molar-refractivity contribution is -0.117. The molecule has 3 nitrogen and oxygen atoms in total. The van der Waals surface area contributed by atoms with Crippen LogP contribution in [0.15, 0.2) is 42.5 Å². The normalized spacial score (nSPS) is 10.8. The number of likely N-dealkylation sites (N-methyl/N-ethyl adjacent to an activating group) is 1. The van der Waals surface area contributed by atoms with Crippen molar-refractivity contribution in [1.29, 1.82) is 0 Å². The SMILES string of the molecule is Cc1ccc(CN(C)CC(=O)Nc2cc(Cl)ccc2F)cc1. The van der Waals surface area contributed by atoms with E-state index in [2.05, 4.69) is 5.32 Å². The molecule has 0 atom stereocenters. The predicted octanol–water partition coefficient (Wildman–Crippen LogP) is 3.86. The Bertz CT molecular complexity index is 658. The third-order valence-corrected chi connectivity index (χ3v) is 3.42. The topological polar surface area (TPSA) is 32.3 Å². The Morgan fingerprint density at radius 1 is 1.23 bits per heavy atom. The third kappa shape index (κ3) is 4.83. The fourth-order valence-electron chi connectivity index (χ4n) is 2.09. The molecule has 5 heteroatoms. The lowest BCUT2D eigenvalue weighted by Gasteiger charge is -2.16. The van der Waals surface area contributed by atoms with Crippen molar-refractivity contribution in [2.75, 3.05) is 18.9 Å². The molecule has 0 aromatic heterocycles. The minimum atomic E-state index is -0.501. The van der Waals surface area contributed by atoms with Crippen molar-refractivity contribution in [3.63, 3.8) is 0 Å². The maximum atomic E-state index is 13.6. The molecule has 2 aromatic rings. The van der Waals surface area contributed by atoms with E-state index in [1.54, 1.807) is 0 Å². The highest BCUT2D eigenvalue weighted by molar-refractivity contribution is 6.30. The van der Waals surface area contributed by atoms with Crippen LogP contribution in [0.1, 0.15) is 11.1 Å². The molecule has 0 radical (unpaired) electrons. The Hall–Kier alpha value is -1.91. The van der Waals surface area contributed by atoms with Crippen molar-refractivity contribution >= 4 is 23.2 Å². The number of carbonyl (C=O) groups excluding carboxylic acids is 1. The van der Waals surface area contributed by atoms with Crippen LogP contribution < -0.4 is 5.32 Å². The van der Waals surface area contributed by atoms with Crippen molar-refractivity contribution in [3.05, 3.63) is 64.4 Å². The quantitative estimate of drug-likeness (QED) is 0.907. The number of hydrogen-bond acceptors (Lipinski definition) is 2. The summed E-state index contributed by atoms with van der Waals surface area (Å²) in [6.07, 6.45) is 0. The molecule has 1 N–H and O–H groups in total. The molecule has 22 heavy (non-hydrogen) atoms. The summed E-state index contributed by atoms with van der Waals surface area (Å²) in [4.78, 5) is 13.8. The molecule has 0 aliphatic rings. The molecule has 2 rings (SSSR count). The number of amides is 1. The van der Waals surface area contributed by atoms with Crippen LogP contribution in [-0.2, 0) is 11.3 Å². The van der Waals surface area contributed by atoms with Gasteiger partial charge in [0, 0.05) is 11.6 Å². The molecule has 0 aliphatic heterocycles. The van der Waals surface area contributed by atoms with Crippen LogP contribution in [0.4, 0.5) is 10.1 Å². The molecule has 0 fully saturated rings. The first kappa shape index (κ1) is 16.5. The van der Waals surface area contributed by atoms with Crippen molar-refractivity contribution in [3.8, 4) is 0 Å². The Labute approximate surface area is 134 Å².